The van der Waals surface area contributed by atoms with E-state index in [1.807, 2.05) is 7.05 Å². The predicted octanol–water partition coefficient (Wildman–Crippen LogP) is 2.79. The van der Waals surface area contributed by atoms with Gasteiger partial charge in [-0.15, -0.1) is 0 Å². The number of hydrogen-bond donors (Lipinski definition) is 1. The van der Waals surface area contributed by atoms with Crippen LogP contribution in [-0.2, 0) is 4.74 Å². The highest BCUT2D eigenvalue weighted by molar-refractivity contribution is 5.83. The van der Waals surface area contributed by atoms with Gasteiger partial charge < -0.3 is 10.1 Å². The van der Waals surface area contributed by atoms with Crippen molar-refractivity contribution in [3.8, 4) is 0 Å². The maximum absolute atomic E-state index is 5.28. The van der Waals surface area contributed by atoms with E-state index in [9.17, 15) is 0 Å². The molecule has 0 saturated heterocycles. The molecule has 0 saturated carbocycles. The molecule has 1 unspecified atom stereocenters. The van der Waals surface area contributed by atoms with Crippen LogP contribution in [0.3, 0.4) is 0 Å². The maximum Gasteiger partial charge on any atom is 0.0543 e. The highest BCUT2D eigenvalue weighted by Gasteiger charge is 2.10. The first-order valence-corrected chi connectivity index (χ1v) is 5.97. The van der Waals surface area contributed by atoms with Crippen LogP contribution in [0.4, 0.5) is 0 Å². The molecule has 0 heterocycles. The summed E-state index contributed by atoms with van der Waals surface area (Å²) < 4.78 is 5.28. The molecule has 0 spiro atoms. The Balaban J connectivity index is 2.32. The van der Waals surface area contributed by atoms with Crippen molar-refractivity contribution in [1.29, 1.82) is 0 Å². The third-order valence-electron chi connectivity index (χ3n) is 3.06. The van der Waals surface area contributed by atoms with Crippen molar-refractivity contribution in [2.75, 3.05) is 27.3 Å². The molecule has 2 nitrogen and oxygen atoms in total. The lowest BCUT2D eigenvalue weighted by molar-refractivity contribution is 0.178. The minimum Gasteiger partial charge on any atom is -0.384 e. The monoisotopic (exact) mass is 229 g/mol. The number of benzene rings is 2. The van der Waals surface area contributed by atoms with Gasteiger partial charge in [0.15, 0.2) is 0 Å². The zero-order chi connectivity index (χ0) is 12.1. The molecule has 2 aromatic carbocycles. The molecule has 0 radical (unpaired) electrons. The van der Waals surface area contributed by atoms with Gasteiger partial charge in [-0.2, -0.15) is 0 Å². The molecule has 2 rings (SSSR count). The van der Waals surface area contributed by atoms with Crippen LogP contribution >= 0.6 is 0 Å². The van der Waals surface area contributed by atoms with Crippen molar-refractivity contribution in [2.24, 2.45) is 0 Å². The number of nitrogens with one attached hydrogen (secondary N) is 1. The second kappa shape index (κ2) is 5.80. The van der Waals surface area contributed by atoms with Crippen molar-refractivity contribution >= 4 is 10.8 Å². The van der Waals surface area contributed by atoms with Crippen molar-refractivity contribution in [3.05, 3.63) is 48.0 Å². The van der Waals surface area contributed by atoms with Gasteiger partial charge >= 0.3 is 0 Å². The van der Waals surface area contributed by atoms with E-state index < -0.39 is 0 Å². The third kappa shape index (κ3) is 2.84. The lowest BCUT2D eigenvalue weighted by Gasteiger charge is -2.16. The average molecular weight is 229 g/mol. The summed E-state index contributed by atoms with van der Waals surface area (Å²) in [7, 11) is 3.73. The Morgan fingerprint density at radius 2 is 1.88 bits per heavy atom. The Bertz CT molecular complexity index is 475. The van der Waals surface area contributed by atoms with E-state index >= 15 is 0 Å². The van der Waals surface area contributed by atoms with E-state index in [0.29, 0.717) is 5.92 Å². The Labute approximate surface area is 103 Å². The highest BCUT2D eigenvalue weighted by Crippen LogP contribution is 2.21. The molecule has 2 heteroatoms. The van der Waals surface area contributed by atoms with Crippen molar-refractivity contribution in [2.45, 2.75) is 5.92 Å². The van der Waals surface area contributed by atoms with Crippen LogP contribution in [0.2, 0.25) is 0 Å². The molecule has 0 aromatic heterocycles. The van der Waals surface area contributed by atoms with Gasteiger partial charge in [0.2, 0.25) is 0 Å². The van der Waals surface area contributed by atoms with Crippen molar-refractivity contribution in [3.63, 3.8) is 0 Å². The summed E-state index contributed by atoms with van der Waals surface area (Å²) in [5.74, 6) is 0.412. The molecule has 90 valence electrons. The lowest BCUT2D eigenvalue weighted by atomic mass is 9.97. The van der Waals surface area contributed by atoms with E-state index in [1.54, 1.807) is 7.11 Å². The van der Waals surface area contributed by atoms with E-state index in [1.165, 1.54) is 16.3 Å². The first-order chi connectivity index (χ1) is 8.35. The van der Waals surface area contributed by atoms with Crippen LogP contribution in [0.1, 0.15) is 11.5 Å². The molecular formula is C15H19NO. The fourth-order valence-corrected chi connectivity index (χ4v) is 2.18. The minimum absolute atomic E-state index is 0.412. The summed E-state index contributed by atoms with van der Waals surface area (Å²) in [4.78, 5) is 0. The first kappa shape index (κ1) is 12.1. The molecule has 0 aliphatic rings. The summed E-state index contributed by atoms with van der Waals surface area (Å²) in [6, 6.07) is 15.1. The van der Waals surface area contributed by atoms with E-state index in [-0.39, 0.29) is 0 Å². The molecule has 0 fully saturated rings. The minimum atomic E-state index is 0.412. The van der Waals surface area contributed by atoms with Crippen LogP contribution in [-0.4, -0.2) is 27.3 Å². The largest absolute Gasteiger partial charge is 0.384 e. The van der Waals surface area contributed by atoms with Gasteiger partial charge in [-0.1, -0.05) is 42.5 Å². The topological polar surface area (TPSA) is 21.3 Å². The Kier molecular flexibility index (Phi) is 4.13. The molecule has 0 aliphatic heterocycles. The Morgan fingerprint density at radius 1 is 1.12 bits per heavy atom. The number of ether oxygens (including phenoxy) is 1. The van der Waals surface area contributed by atoms with Gasteiger partial charge in [0.25, 0.3) is 0 Å². The molecule has 0 aliphatic carbocycles. The van der Waals surface area contributed by atoms with Crippen LogP contribution in [0, 0.1) is 0 Å². The molecular weight excluding hydrogens is 210 g/mol. The van der Waals surface area contributed by atoms with E-state index in [0.717, 1.165) is 13.2 Å². The summed E-state index contributed by atoms with van der Waals surface area (Å²) in [5, 5.41) is 5.80. The smallest absolute Gasteiger partial charge is 0.0543 e. The fourth-order valence-electron chi connectivity index (χ4n) is 2.18. The van der Waals surface area contributed by atoms with E-state index in [2.05, 4.69) is 47.8 Å². The molecule has 0 bridgehead atoms. The Morgan fingerprint density at radius 3 is 2.59 bits per heavy atom. The van der Waals surface area contributed by atoms with Crippen LogP contribution in [0.25, 0.3) is 10.8 Å². The van der Waals surface area contributed by atoms with Gasteiger partial charge in [-0.25, -0.2) is 0 Å². The summed E-state index contributed by atoms with van der Waals surface area (Å²) in [6.07, 6.45) is 0. The quantitative estimate of drug-likeness (QED) is 0.851. The van der Waals surface area contributed by atoms with Crippen LogP contribution in [0.15, 0.2) is 42.5 Å². The second-order valence-electron chi connectivity index (χ2n) is 4.32. The molecule has 1 atom stereocenters. The normalized spacial score (nSPS) is 12.8. The van der Waals surface area contributed by atoms with Gasteiger partial charge in [-0.05, 0) is 23.4 Å². The van der Waals surface area contributed by atoms with Crippen LogP contribution in [0.5, 0.6) is 0 Å². The van der Waals surface area contributed by atoms with Gasteiger partial charge in [-0.3, -0.25) is 0 Å². The average Bonchev–Trinajstić information content (AvgIpc) is 2.38. The van der Waals surface area contributed by atoms with Crippen molar-refractivity contribution in [1.82, 2.24) is 5.32 Å². The summed E-state index contributed by atoms with van der Waals surface area (Å²) in [6.45, 7) is 1.69. The maximum atomic E-state index is 5.28. The van der Waals surface area contributed by atoms with Gasteiger partial charge in [0, 0.05) is 19.6 Å². The predicted molar refractivity (Wildman–Crippen MR) is 72.5 cm³/mol. The zero-order valence-electron chi connectivity index (χ0n) is 10.4. The standard InChI is InChI=1S/C15H19NO/c1-16-10-15(11-17-2)14-8-7-12-5-3-4-6-13(12)9-14/h3-9,15-16H,10-11H2,1-2H3. The summed E-state index contributed by atoms with van der Waals surface area (Å²) in [5.41, 5.74) is 1.33. The molecule has 2 aromatic rings. The lowest BCUT2D eigenvalue weighted by Crippen LogP contribution is -2.20. The number of likely N-dealkylation sites (N-methyl/N-ethyl adjacent to an activating group) is 1. The molecule has 1 N–H and O–H groups in total. The Hall–Kier alpha value is -1.38. The van der Waals surface area contributed by atoms with Crippen molar-refractivity contribution < 1.29 is 4.74 Å². The van der Waals surface area contributed by atoms with E-state index in [4.69, 9.17) is 4.74 Å². The highest BCUT2D eigenvalue weighted by atomic mass is 16.5. The SMILES string of the molecule is CNCC(COC)c1ccc2ccccc2c1. The number of hydrogen-bond acceptors (Lipinski definition) is 2. The third-order valence-corrected chi connectivity index (χ3v) is 3.06. The number of fused-ring (bicyclic) bond motifs is 1. The second-order valence-corrected chi connectivity index (χ2v) is 4.32. The molecule has 0 amide bonds. The number of methoxy groups -OCH3 is 1. The summed E-state index contributed by atoms with van der Waals surface area (Å²) >= 11 is 0. The van der Waals surface area contributed by atoms with Gasteiger partial charge in [0.05, 0.1) is 6.61 Å². The first-order valence-electron chi connectivity index (χ1n) is 5.97. The number of rotatable bonds is 5. The van der Waals surface area contributed by atoms with Gasteiger partial charge in [0.1, 0.15) is 0 Å². The van der Waals surface area contributed by atoms with Crippen LogP contribution < -0.4 is 5.32 Å². The molecule has 17 heavy (non-hydrogen) atoms. The zero-order valence-corrected chi connectivity index (χ0v) is 10.4. The fraction of sp³-hybridized carbons (Fsp3) is 0.333.